The van der Waals surface area contributed by atoms with Gasteiger partial charge in [-0.05, 0) is 43.7 Å². The van der Waals surface area contributed by atoms with Crippen molar-refractivity contribution in [3.63, 3.8) is 0 Å². The highest BCUT2D eigenvalue weighted by atomic mass is 35.5. The van der Waals surface area contributed by atoms with Crippen LogP contribution in [-0.2, 0) is 19.1 Å². The minimum atomic E-state index is -1.09. The molecule has 0 aliphatic carbocycles. The van der Waals surface area contributed by atoms with Crippen molar-refractivity contribution < 1.29 is 23.9 Å². The van der Waals surface area contributed by atoms with Crippen LogP contribution >= 0.6 is 11.6 Å². The summed E-state index contributed by atoms with van der Waals surface area (Å²) in [6.45, 7) is 3.51. The van der Waals surface area contributed by atoms with Crippen LogP contribution in [0.4, 0.5) is 11.4 Å². The minimum absolute atomic E-state index is 0.102. The Bertz CT molecular complexity index is 1120. The predicted octanol–water partition coefficient (Wildman–Crippen LogP) is 2.95. The number of amides is 2. The Hall–Kier alpha value is -3.39. The summed E-state index contributed by atoms with van der Waals surface area (Å²) in [5.74, 6) is -2.30. The fourth-order valence-corrected chi connectivity index (χ4v) is 4.00. The van der Waals surface area contributed by atoms with Gasteiger partial charge in [0.25, 0.3) is 5.91 Å². The van der Waals surface area contributed by atoms with Crippen molar-refractivity contribution >= 4 is 46.5 Å². The normalized spacial score (nSPS) is 20.1. The summed E-state index contributed by atoms with van der Waals surface area (Å²) in [7, 11) is 1.52. The highest BCUT2D eigenvalue weighted by molar-refractivity contribution is 6.47. The van der Waals surface area contributed by atoms with Gasteiger partial charge in [-0.25, -0.2) is 9.69 Å². The second kappa shape index (κ2) is 8.03. The number of esters is 1. The topological polar surface area (TPSA) is 88.5 Å². The lowest BCUT2D eigenvalue weighted by Crippen LogP contribution is -2.39. The van der Waals surface area contributed by atoms with Crippen molar-refractivity contribution in [3.8, 4) is 5.75 Å². The first-order valence-corrected chi connectivity index (χ1v) is 10.1. The maximum Gasteiger partial charge on any atom is 0.355 e. The average Bonchev–Trinajstić information content (AvgIpc) is 3.28. The van der Waals surface area contributed by atoms with Gasteiger partial charge in [-0.15, -0.1) is 0 Å². The van der Waals surface area contributed by atoms with Crippen LogP contribution in [0.5, 0.6) is 5.75 Å². The maximum absolute atomic E-state index is 13.5. The SMILES string of the molecule is CCOC(=O)C1=NN(c2cccc(OC)c2)[C@@H]2C(=O)N(c3cccc(Cl)c3C)C(=O)[C@@H]12. The van der Waals surface area contributed by atoms with Crippen LogP contribution in [0.1, 0.15) is 12.5 Å². The van der Waals surface area contributed by atoms with Gasteiger partial charge in [0.15, 0.2) is 5.71 Å². The molecule has 9 heteroatoms. The number of carbonyl (C=O) groups is 3. The lowest BCUT2D eigenvalue weighted by atomic mass is 9.97. The number of rotatable bonds is 5. The summed E-state index contributed by atoms with van der Waals surface area (Å²) in [5, 5.41) is 6.15. The second-order valence-electron chi connectivity index (χ2n) is 7.07. The molecule has 2 aliphatic heterocycles. The zero-order valence-corrected chi connectivity index (χ0v) is 17.9. The van der Waals surface area contributed by atoms with E-state index in [9.17, 15) is 14.4 Å². The quantitative estimate of drug-likeness (QED) is 0.523. The number of nitrogens with zero attached hydrogens (tertiary/aromatic N) is 3. The van der Waals surface area contributed by atoms with Gasteiger partial charge in [-0.1, -0.05) is 23.7 Å². The summed E-state index contributed by atoms with van der Waals surface area (Å²) >= 11 is 6.22. The summed E-state index contributed by atoms with van der Waals surface area (Å²) in [6, 6.07) is 10.9. The molecule has 2 aromatic rings. The van der Waals surface area contributed by atoms with Crippen LogP contribution in [0, 0.1) is 12.8 Å². The van der Waals surface area contributed by atoms with Crippen LogP contribution in [-0.4, -0.2) is 43.3 Å². The van der Waals surface area contributed by atoms with E-state index >= 15 is 0 Å². The van der Waals surface area contributed by atoms with Crippen molar-refractivity contribution in [2.45, 2.75) is 19.9 Å². The third-order valence-electron chi connectivity index (χ3n) is 5.33. The Morgan fingerprint density at radius 1 is 1.16 bits per heavy atom. The molecule has 0 saturated carbocycles. The molecule has 8 nitrogen and oxygen atoms in total. The third kappa shape index (κ3) is 3.33. The smallest absolute Gasteiger partial charge is 0.355 e. The molecule has 31 heavy (non-hydrogen) atoms. The van der Waals surface area contributed by atoms with Gasteiger partial charge in [0.1, 0.15) is 17.7 Å². The highest BCUT2D eigenvalue weighted by Gasteiger charge is 2.59. The number of imide groups is 1. The molecule has 0 spiro atoms. The van der Waals surface area contributed by atoms with Gasteiger partial charge in [0, 0.05) is 11.1 Å². The molecule has 2 aromatic carbocycles. The Kier molecular flexibility index (Phi) is 5.41. The van der Waals surface area contributed by atoms with Crippen molar-refractivity contribution in [1.29, 1.82) is 0 Å². The Labute approximate surface area is 184 Å². The van der Waals surface area contributed by atoms with Crippen molar-refractivity contribution in [3.05, 3.63) is 53.1 Å². The summed E-state index contributed by atoms with van der Waals surface area (Å²) in [5.41, 5.74) is 1.38. The number of fused-ring (bicyclic) bond motifs is 1. The van der Waals surface area contributed by atoms with Crippen LogP contribution in [0.15, 0.2) is 47.6 Å². The molecular weight excluding hydrogens is 422 g/mol. The van der Waals surface area contributed by atoms with Crippen molar-refractivity contribution in [2.75, 3.05) is 23.6 Å². The first kappa shape index (κ1) is 20.9. The number of halogens is 1. The van der Waals surface area contributed by atoms with E-state index in [4.69, 9.17) is 21.1 Å². The molecule has 160 valence electrons. The predicted molar refractivity (Wildman–Crippen MR) is 116 cm³/mol. The second-order valence-corrected chi connectivity index (χ2v) is 7.48. The molecule has 2 amide bonds. The molecule has 2 heterocycles. The van der Waals surface area contributed by atoms with Gasteiger partial charge in [0.2, 0.25) is 5.91 Å². The molecule has 2 atom stereocenters. The fraction of sp³-hybridized carbons (Fsp3) is 0.273. The standard InChI is InChI=1S/C22H20ClN3O5/c1-4-31-22(29)18-17-19(26(24-18)13-7-5-8-14(11-13)30-3)21(28)25(20(17)27)16-10-6-9-15(23)12(16)2/h5-11,17,19H,4H2,1-3H3/t17-,19-/m0/s1. The van der Waals surface area contributed by atoms with Crippen LogP contribution in [0.25, 0.3) is 0 Å². The number of benzene rings is 2. The fourth-order valence-electron chi connectivity index (χ4n) is 3.83. The number of methoxy groups -OCH3 is 1. The third-order valence-corrected chi connectivity index (χ3v) is 5.74. The number of hydrogen-bond acceptors (Lipinski definition) is 7. The van der Waals surface area contributed by atoms with Gasteiger partial charge < -0.3 is 9.47 Å². The summed E-state index contributed by atoms with van der Waals surface area (Å²) < 4.78 is 10.4. The van der Waals surface area contributed by atoms with E-state index in [1.807, 2.05) is 0 Å². The number of ether oxygens (including phenoxy) is 2. The Morgan fingerprint density at radius 3 is 2.61 bits per heavy atom. The largest absolute Gasteiger partial charge is 0.497 e. The molecule has 0 bridgehead atoms. The molecule has 0 N–H and O–H groups in total. The first-order valence-electron chi connectivity index (χ1n) is 9.70. The lowest BCUT2D eigenvalue weighted by Gasteiger charge is -2.23. The number of carbonyl (C=O) groups excluding carboxylic acids is 3. The van der Waals surface area contributed by atoms with Crippen LogP contribution < -0.4 is 14.6 Å². The molecule has 0 radical (unpaired) electrons. The minimum Gasteiger partial charge on any atom is -0.497 e. The number of hydrazone groups is 1. The van der Waals surface area contributed by atoms with E-state index in [2.05, 4.69) is 5.10 Å². The van der Waals surface area contributed by atoms with E-state index < -0.39 is 29.7 Å². The maximum atomic E-state index is 13.5. The number of anilines is 2. The average molecular weight is 442 g/mol. The van der Waals surface area contributed by atoms with Crippen LogP contribution in [0.2, 0.25) is 5.02 Å². The molecule has 2 aliphatic rings. The zero-order chi connectivity index (χ0) is 22.3. The highest BCUT2D eigenvalue weighted by Crippen LogP contribution is 2.40. The Morgan fingerprint density at radius 2 is 1.90 bits per heavy atom. The van der Waals surface area contributed by atoms with E-state index in [1.54, 1.807) is 56.3 Å². The molecule has 0 aromatic heterocycles. The summed E-state index contributed by atoms with van der Waals surface area (Å²) in [6.07, 6.45) is 0. The molecule has 0 unspecified atom stereocenters. The van der Waals surface area contributed by atoms with Gasteiger partial charge in [0.05, 0.1) is 25.1 Å². The van der Waals surface area contributed by atoms with E-state index in [0.29, 0.717) is 27.7 Å². The van der Waals surface area contributed by atoms with Crippen molar-refractivity contribution in [1.82, 2.24) is 0 Å². The number of hydrogen-bond donors (Lipinski definition) is 0. The monoisotopic (exact) mass is 441 g/mol. The van der Waals surface area contributed by atoms with Gasteiger partial charge in [-0.3, -0.25) is 14.6 Å². The van der Waals surface area contributed by atoms with Gasteiger partial charge >= 0.3 is 5.97 Å². The molecule has 1 fully saturated rings. The van der Waals surface area contributed by atoms with E-state index in [0.717, 1.165) is 4.90 Å². The Balaban J connectivity index is 1.82. The lowest BCUT2D eigenvalue weighted by molar-refractivity contribution is -0.136. The van der Waals surface area contributed by atoms with Crippen LogP contribution in [0.3, 0.4) is 0 Å². The van der Waals surface area contributed by atoms with E-state index in [1.165, 1.54) is 12.1 Å². The summed E-state index contributed by atoms with van der Waals surface area (Å²) in [4.78, 5) is 40.6. The molecule has 1 saturated heterocycles. The van der Waals surface area contributed by atoms with Gasteiger partial charge in [-0.2, -0.15) is 5.10 Å². The first-order chi connectivity index (χ1) is 14.9. The molecule has 4 rings (SSSR count). The molecular formula is C22H20ClN3O5. The zero-order valence-electron chi connectivity index (χ0n) is 17.2. The van der Waals surface area contributed by atoms with E-state index in [-0.39, 0.29) is 12.3 Å². The van der Waals surface area contributed by atoms with Crippen molar-refractivity contribution in [2.24, 2.45) is 11.0 Å².